The fourth-order valence-corrected chi connectivity index (χ4v) is 1.66. The van der Waals surface area contributed by atoms with Crippen LogP contribution in [-0.4, -0.2) is 10.9 Å². The Hall–Kier alpha value is -2.42. The summed E-state index contributed by atoms with van der Waals surface area (Å²) in [5.74, 6) is 0.476. The fourth-order valence-electron chi connectivity index (χ4n) is 1.66. The van der Waals surface area contributed by atoms with Crippen LogP contribution in [0.3, 0.4) is 0 Å². The van der Waals surface area contributed by atoms with Crippen LogP contribution in [-0.2, 0) is 11.3 Å². The lowest BCUT2D eigenvalue weighted by molar-refractivity contribution is -0.114. The van der Waals surface area contributed by atoms with Gasteiger partial charge in [0.25, 0.3) is 5.91 Å². The number of amides is 1. The van der Waals surface area contributed by atoms with Crippen LogP contribution in [0.5, 0.6) is 0 Å². The Bertz CT molecular complexity index is 523. The number of anilines is 1. The molecular formula is C15H14N2O. The monoisotopic (exact) mass is 238 g/mol. The molecular weight excluding hydrogens is 224 g/mol. The maximum absolute atomic E-state index is 11.9. The van der Waals surface area contributed by atoms with Gasteiger partial charge in [-0.3, -0.25) is 9.69 Å². The van der Waals surface area contributed by atoms with Gasteiger partial charge in [0.15, 0.2) is 0 Å². The van der Waals surface area contributed by atoms with Crippen molar-refractivity contribution in [3.8, 4) is 0 Å². The van der Waals surface area contributed by atoms with Crippen molar-refractivity contribution in [1.82, 2.24) is 4.98 Å². The van der Waals surface area contributed by atoms with E-state index in [1.54, 1.807) is 11.1 Å². The van der Waals surface area contributed by atoms with E-state index in [0.717, 1.165) is 5.56 Å². The van der Waals surface area contributed by atoms with Crippen LogP contribution in [0.25, 0.3) is 0 Å². The van der Waals surface area contributed by atoms with Crippen molar-refractivity contribution in [3.05, 3.63) is 72.9 Å². The first-order valence-electron chi connectivity index (χ1n) is 5.70. The predicted octanol–water partition coefficient (Wildman–Crippen LogP) is 2.80. The third-order valence-electron chi connectivity index (χ3n) is 2.55. The zero-order valence-electron chi connectivity index (χ0n) is 9.99. The highest BCUT2D eigenvalue weighted by molar-refractivity contribution is 6.00. The van der Waals surface area contributed by atoms with Gasteiger partial charge in [0.1, 0.15) is 5.82 Å². The molecule has 3 heteroatoms. The topological polar surface area (TPSA) is 33.2 Å². The minimum atomic E-state index is -0.155. The predicted molar refractivity (Wildman–Crippen MR) is 72.1 cm³/mol. The second kappa shape index (κ2) is 5.77. The summed E-state index contributed by atoms with van der Waals surface area (Å²) >= 11 is 0. The average molecular weight is 238 g/mol. The zero-order valence-corrected chi connectivity index (χ0v) is 9.99. The van der Waals surface area contributed by atoms with Crippen LogP contribution in [0.1, 0.15) is 5.56 Å². The number of aromatic nitrogens is 1. The summed E-state index contributed by atoms with van der Waals surface area (Å²) in [6.45, 7) is 4.02. The lowest BCUT2D eigenvalue weighted by Gasteiger charge is -2.20. The Kier molecular flexibility index (Phi) is 3.86. The maximum atomic E-state index is 11.9. The molecule has 0 aliphatic rings. The highest BCUT2D eigenvalue weighted by Gasteiger charge is 2.13. The molecule has 0 aliphatic heterocycles. The number of hydrogen-bond acceptors (Lipinski definition) is 2. The summed E-state index contributed by atoms with van der Waals surface area (Å²) in [7, 11) is 0. The molecule has 18 heavy (non-hydrogen) atoms. The number of carbonyl (C=O) groups is 1. The Morgan fingerprint density at radius 1 is 1.17 bits per heavy atom. The third-order valence-corrected chi connectivity index (χ3v) is 2.55. The molecule has 1 heterocycles. The SMILES string of the molecule is C=CC(=O)N(Cc1ccccc1)c1ccccn1. The fraction of sp³-hybridized carbons (Fsp3) is 0.0667. The van der Waals surface area contributed by atoms with Gasteiger partial charge in [-0.25, -0.2) is 4.98 Å². The van der Waals surface area contributed by atoms with Gasteiger partial charge in [-0.15, -0.1) is 0 Å². The van der Waals surface area contributed by atoms with Crippen LogP contribution in [0.4, 0.5) is 5.82 Å². The molecule has 0 spiro atoms. The molecule has 0 bridgehead atoms. The quantitative estimate of drug-likeness (QED) is 0.767. The Balaban J connectivity index is 2.27. The van der Waals surface area contributed by atoms with Gasteiger partial charge in [-0.05, 0) is 23.8 Å². The zero-order chi connectivity index (χ0) is 12.8. The molecule has 0 aliphatic carbocycles. The lowest BCUT2D eigenvalue weighted by Crippen LogP contribution is -2.29. The molecule has 0 unspecified atom stereocenters. The number of pyridine rings is 1. The first kappa shape index (κ1) is 12.0. The van der Waals surface area contributed by atoms with E-state index in [-0.39, 0.29) is 5.91 Å². The molecule has 0 N–H and O–H groups in total. The van der Waals surface area contributed by atoms with Gasteiger partial charge in [0.05, 0.1) is 6.54 Å². The lowest BCUT2D eigenvalue weighted by atomic mass is 10.2. The van der Waals surface area contributed by atoms with Gasteiger partial charge in [-0.2, -0.15) is 0 Å². The molecule has 3 nitrogen and oxygen atoms in total. The van der Waals surface area contributed by atoms with Crippen molar-refractivity contribution in [2.24, 2.45) is 0 Å². The highest BCUT2D eigenvalue weighted by Crippen LogP contribution is 2.14. The number of benzene rings is 1. The van der Waals surface area contributed by atoms with Crippen molar-refractivity contribution >= 4 is 11.7 Å². The number of carbonyl (C=O) groups excluding carboxylic acids is 1. The number of hydrogen-bond donors (Lipinski definition) is 0. The van der Waals surface area contributed by atoms with Crippen molar-refractivity contribution in [3.63, 3.8) is 0 Å². The van der Waals surface area contributed by atoms with Crippen molar-refractivity contribution in [2.45, 2.75) is 6.54 Å². The smallest absolute Gasteiger partial charge is 0.251 e. The van der Waals surface area contributed by atoms with Crippen molar-refractivity contribution < 1.29 is 4.79 Å². The second-order valence-electron chi connectivity index (χ2n) is 3.80. The van der Waals surface area contributed by atoms with Crippen LogP contribution in [0.2, 0.25) is 0 Å². The molecule has 0 atom stereocenters. The highest BCUT2D eigenvalue weighted by atomic mass is 16.2. The minimum Gasteiger partial charge on any atom is -0.289 e. The molecule has 0 radical (unpaired) electrons. The van der Waals surface area contributed by atoms with Gasteiger partial charge in [0, 0.05) is 6.20 Å². The van der Waals surface area contributed by atoms with E-state index in [1.165, 1.54) is 6.08 Å². The van der Waals surface area contributed by atoms with Crippen LogP contribution in [0.15, 0.2) is 67.4 Å². The minimum absolute atomic E-state index is 0.155. The molecule has 2 rings (SSSR count). The van der Waals surface area contributed by atoms with Crippen LogP contribution >= 0.6 is 0 Å². The molecule has 0 saturated heterocycles. The summed E-state index contributed by atoms with van der Waals surface area (Å²) in [4.78, 5) is 17.7. The average Bonchev–Trinajstić information content (AvgIpc) is 2.46. The van der Waals surface area contributed by atoms with E-state index in [4.69, 9.17) is 0 Å². The van der Waals surface area contributed by atoms with E-state index in [0.29, 0.717) is 12.4 Å². The van der Waals surface area contributed by atoms with Crippen molar-refractivity contribution in [2.75, 3.05) is 4.90 Å². The van der Waals surface area contributed by atoms with Gasteiger partial charge in [0.2, 0.25) is 0 Å². The first-order valence-corrected chi connectivity index (χ1v) is 5.70. The van der Waals surface area contributed by atoms with E-state index >= 15 is 0 Å². The summed E-state index contributed by atoms with van der Waals surface area (Å²) < 4.78 is 0. The largest absolute Gasteiger partial charge is 0.289 e. The molecule has 0 saturated carbocycles. The maximum Gasteiger partial charge on any atom is 0.251 e. The second-order valence-corrected chi connectivity index (χ2v) is 3.80. The Labute approximate surface area is 106 Å². The standard InChI is InChI=1S/C15H14N2O/c1-2-15(18)17(14-10-6-7-11-16-14)12-13-8-4-3-5-9-13/h2-11H,1,12H2. The first-order chi connectivity index (χ1) is 8.81. The molecule has 0 fully saturated rings. The number of rotatable bonds is 4. The van der Waals surface area contributed by atoms with Gasteiger partial charge in [-0.1, -0.05) is 43.0 Å². The van der Waals surface area contributed by atoms with Crippen LogP contribution < -0.4 is 4.90 Å². The summed E-state index contributed by atoms with van der Waals surface area (Å²) in [5, 5.41) is 0. The van der Waals surface area contributed by atoms with Crippen molar-refractivity contribution in [1.29, 1.82) is 0 Å². The summed E-state index contributed by atoms with van der Waals surface area (Å²) in [6, 6.07) is 15.3. The van der Waals surface area contributed by atoms with Crippen LogP contribution in [0, 0.1) is 0 Å². The summed E-state index contributed by atoms with van der Waals surface area (Å²) in [5.41, 5.74) is 1.05. The molecule has 1 aromatic carbocycles. The van der Waals surface area contributed by atoms with E-state index in [2.05, 4.69) is 11.6 Å². The Morgan fingerprint density at radius 2 is 1.89 bits per heavy atom. The molecule has 1 aromatic heterocycles. The molecule has 1 amide bonds. The number of nitrogens with zero attached hydrogens (tertiary/aromatic N) is 2. The van der Waals surface area contributed by atoms with E-state index in [1.807, 2.05) is 48.5 Å². The molecule has 90 valence electrons. The Morgan fingerprint density at radius 3 is 2.50 bits per heavy atom. The van der Waals surface area contributed by atoms with Gasteiger partial charge < -0.3 is 0 Å². The normalized spacial score (nSPS) is 9.78. The van der Waals surface area contributed by atoms with Gasteiger partial charge >= 0.3 is 0 Å². The summed E-state index contributed by atoms with van der Waals surface area (Å²) in [6.07, 6.45) is 2.97. The van der Waals surface area contributed by atoms with E-state index < -0.39 is 0 Å². The van der Waals surface area contributed by atoms with E-state index in [9.17, 15) is 4.79 Å². The molecule has 2 aromatic rings. The third kappa shape index (κ3) is 2.83.